The van der Waals surface area contributed by atoms with Crippen LogP contribution >= 0.6 is 11.3 Å². The molecule has 1 N–H and O–H groups in total. The molecule has 0 radical (unpaired) electrons. The van der Waals surface area contributed by atoms with E-state index in [1.165, 1.54) is 0 Å². The number of aromatic nitrogens is 1. The van der Waals surface area contributed by atoms with Crippen LogP contribution in [0.4, 0.5) is 0 Å². The Bertz CT molecular complexity index is 236. The van der Waals surface area contributed by atoms with Gasteiger partial charge in [0.2, 0.25) is 6.41 Å². The number of carbonyl (C=O) groups is 1. The zero-order chi connectivity index (χ0) is 8.10. The van der Waals surface area contributed by atoms with Gasteiger partial charge in [0.25, 0.3) is 0 Å². The molecule has 0 atom stereocenters. The summed E-state index contributed by atoms with van der Waals surface area (Å²) in [6.07, 6.45) is 2.22. The average Bonchev–Trinajstić information content (AvgIpc) is 2.37. The molecule has 0 spiro atoms. The lowest BCUT2D eigenvalue weighted by atomic mass is 10.6. The number of rotatable bonds is 4. The van der Waals surface area contributed by atoms with E-state index in [-0.39, 0.29) is 0 Å². The van der Waals surface area contributed by atoms with Crippen LogP contribution in [0.25, 0.3) is 0 Å². The van der Waals surface area contributed by atoms with Crippen LogP contribution in [0.5, 0.6) is 0 Å². The quantitative estimate of drug-likeness (QED) is 0.411. The smallest absolute Gasteiger partial charge is 0.230 e. The van der Waals surface area contributed by atoms with Crippen LogP contribution in [0.2, 0.25) is 0 Å². The summed E-state index contributed by atoms with van der Waals surface area (Å²) in [6.45, 7) is 2.30. The summed E-state index contributed by atoms with van der Waals surface area (Å²) in [5, 5.41) is 0.995. The topological polar surface area (TPSA) is 51.2 Å². The van der Waals surface area contributed by atoms with Gasteiger partial charge in [0.05, 0.1) is 9.88 Å². The van der Waals surface area contributed by atoms with Gasteiger partial charge in [-0.15, -0.1) is 11.3 Å². The van der Waals surface area contributed by atoms with Crippen molar-refractivity contribution < 1.29 is 9.63 Å². The van der Waals surface area contributed by atoms with Crippen molar-refractivity contribution in [3.8, 4) is 0 Å². The average molecular weight is 172 g/mol. The Morgan fingerprint density at radius 2 is 2.73 bits per heavy atom. The number of aryl methyl sites for hydroxylation is 1. The number of amides is 1. The van der Waals surface area contributed by atoms with E-state index in [1.807, 2.05) is 6.92 Å². The standard InChI is InChI=1S/C6H8N2O2S/c1-5-7-2-6(11-5)3-10-8-4-9/h2,4H,3H2,1H3,(H,8,9). The van der Waals surface area contributed by atoms with Crippen molar-refractivity contribution in [3.05, 3.63) is 16.1 Å². The lowest BCUT2D eigenvalue weighted by molar-refractivity contribution is -0.121. The third-order valence-corrected chi connectivity index (χ3v) is 1.90. The summed E-state index contributed by atoms with van der Waals surface area (Å²) < 4.78 is 0. The highest BCUT2D eigenvalue weighted by molar-refractivity contribution is 7.11. The molecule has 0 unspecified atom stereocenters. The van der Waals surface area contributed by atoms with Gasteiger partial charge in [-0.3, -0.25) is 9.63 Å². The molecule has 0 aliphatic carbocycles. The Kier molecular flexibility index (Phi) is 3.00. The molecule has 0 bridgehead atoms. The Hall–Kier alpha value is -0.940. The number of thiazole rings is 1. The Morgan fingerprint density at radius 1 is 1.91 bits per heavy atom. The minimum Gasteiger partial charge on any atom is -0.277 e. The van der Waals surface area contributed by atoms with E-state index < -0.39 is 0 Å². The van der Waals surface area contributed by atoms with E-state index >= 15 is 0 Å². The molecule has 0 aliphatic rings. The monoisotopic (exact) mass is 172 g/mol. The van der Waals surface area contributed by atoms with E-state index in [2.05, 4.69) is 10.5 Å². The summed E-state index contributed by atoms with van der Waals surface area (Å²) in [6, 6.07) is 0. The Morgan fingerprint density at radius 3 is 3.27 bits per heavy atom. The summed E-state index contributed by atoms with van der Waals surface area (Å²) in [4.78, 5) is 19.5. The van der Waals surface area contributed by atoms with Gasteiger partial charge in [0.15, 0.2) is 0 Å². The normalized spacial score (nSPS) is 9.55. The number of carbonyl (C=O) groups excluding carboxylic acids is 1. The molecular formula is C6H8N2O2S. The molecule has 1 aromatic rings. The summed E-state index contributed by atoms with van der Waals surface area (Å²) >= 11 is 1.55. The van der Waals surface area contributed by atoms with Gasteiger partial charge in [-0.2, -0.15) is 0 Å². The molecule has 1 rings (SSSR count). The Balaban J connectivity index is 2.32. The van der Waals surface area contributed by atoms with Crippen LogP contribution < -0.4 is 5.48 Å². The SMILES string of the molecule is Cc1ncc(CONC=O)s1. The predicted molar refractivity (Wildman–Crippen MR) is 40.8 cm³/mol. The summed E-state index contributed by atoms with van der Waals surface area (Å²) in [5.74, 6) is 0. The maximum Gasteiger partial charge on any atom is 0.230 e. The number of hydroxylamine groups is 1. The molecule has 5 heteroatoms. The third-order valence-electron chi connectivity index (χ3n) is 1.02. The zero-order valence-corrected chi connectivity index (χ0v) is 6.85. The van der Waals surface area contributed by atoms with Crippen LogP contribution in [0.1, 0.15) is 9.88 Å². The van der Waals surface area contributed by atoms with Crippen LogP contribution in [0.15, 0.2) is 6.20 Å². The van der Waals surface area contributed by atoms with Crippen molar-refractivity contribution in [1.29, 1.82) is 0 Å². The van der Waals surface area contributed by atoms with Gasteiger partial charge >= 0.3 is 0 Å². The minimum atomic E-state index is 0.379. The van der Waals surface area contributed by atoms with E-state index in [1.54, 1.807) is 17.5 Å². The zero-order valence-electron chi connectivity index (χ0n) is 6.03. The fourth-order valence-corrected chi connectivity index (χ4v) is 1.33. The fraction of sp³-hybridized carbons (Fsp3) is 0.333. The third kappa shape index (κ3) is 2.65. The second-order valence-corrected chi connectivity index (χ2v) is 3.19. The molecule has 0 saturated carbocycles. The van der Waals surface area contributed by atoms with Crippen LogP contribution in [-0.4, -0.2) is 11.4 Å². The molecule has 0 aliphatic heterocycles. The first-order chi connectivity index (χ1) is 5.33. The predicted octanol–water partition coefficient (Wildman–Crippen LogP) is 0.629. The van der Waals surface area contributed by atoms with Crippen molar-refractivity contribution in [2.45, 2.75) is 13.5 Å². The molecule has 11 heavy (non-hydrogen) atoms. The van der Waals surface area contributed by atoms with Crippen molar-refractivity contribution in [3.63, 3.8) is 0 Å². The van der Waals surface area contributed by atoms with E-state index in [0.29, 0.717) is 13.0 Å². The maximum absolute atomic E-state index is 9.75. The maximum atomic E-state index is 9.75. The van der Waals surface area contributed by atoms with Gasteiger partial charge in [0.1, 0.15) is 6.61 Å². The Labute approximate surface area is 68.2 Å². The number of nitrogens with zero attached hydrogens (tertiary/aromatic N) is 1. The molecule has 0 fully saturated rings. The highest BCUT2D eigenvalue weighted by atomic mass is 32.1. The number of hydrogen-bond acceptors (Lipinski definition) is 4. The van der Waals surface area contributed by atoms with E-state index in [9.17, 15) is 4.79 Å². The van der Waals surface area contributed by atoms with Crippen molar-refractivity contribution >= 4 is 17.7 Å². The first kappa shape index (κ1) is 8.16. The molecule has 1 amide bonds. The molecule has 0 aromatic carbocycles. The number of nitrogens with one attached hydrogen (secondary N) is 1. The minimum absolute atomic E-state index is 0.379. The van der Waals surface area contributed by atoms with Gasteiger partial charge < -0.3 is 0 Å². The highest BCUT2D eigenvalue weighted by Crippen LogP contribution is 2.11. The lowest BCUT2D eigenvalue weighted by Crippen LogP contribution is -2.10. The molecule has 1 aromatic heterocycles. The molecule has 60 valence electrons. The molecule has 0 saturated heterocycles. The summed E-state index contributed by atoms with van der Waals surface area (Å²) in [5.41, 5.74) is 2.10. The molecule has 4 nitrogen and oxygen atoms in total. The van der Waals surface area contributed by atoms with E-state index in [0.717, 1.165) is 9.88 Å². The van der Waals surface area contributed by atoms with Crippen LogP contribution in [-0.2, 0) is 16.2 Å². The largest absolute Gasteiger partial charge is 0.277 e. The molecule has 1 heterocycles. The van der Waals surface area contributed by atoms with Crippen LogP contribution in [0, 0.1) is 6.92 Å². The van der Waals surface area contributed by atoms with Gasteiger partial charge in [-0.05, 0) is 6.92 Å². The van der Waals surface area contributed by atoms with Crippen molar-refractivity contribution in [2.75, 3.05) is 0 Å². The van der Waals surface area contributed by atoms with Crippen molar-refractivity contribution in [1.82, 2.24) is 10.5 Å². The number of hydrogen-bond donors (Lipinski definition) is 1. The second-order valence-electron chi connectivity index (χ2n) is 1.87. The van der Waals surface area contributed by atoms with Gasteiger partial charge in [0, 0.05) is 6.20 Å². The molecular weight excluding hydrogens is 164 g/mol. The fourth-order valence-electron chi connectivity index (χ4n) is 0.619. The summed E-state index contributed by atoms with van der Waals surface area (Å²) in [7, 11) is 0. The van der Waals surface area contributed by atoms with Crippen LogP contribution in [0.3, 0.4) is 0 Å². The van der Waals surface area contributed by atoms with Gasteiger partial charge in [-0.1, -0.05) is 0 Å². The second kappa shape index (κ2) is 4.05. The highest BCUT2D eigenvalue weighted by Gasteiger charge is 1.96. The van der Waals surface area contributed by atoms with E-state index in [4.69, 9.17) is 4.84 Å². The lowest BCUT2D eigenvalue weighted by Gasteiger charge is -1.95. The first-order valence-electron chi connectivity index (χ1n) is 3.05. The van der Waals surface area contributed by atoms with Gasteiger partial charge in [-0.25, -0.2) is 10.5 Å². The first-order valence-corrected chi connectivity index (χ1v) is 3.87. The van der Waals surface area contributed by atoms with Crippen molar-refractivity contribution in [2.24, 2.45) is 0 Å².